The van der Waals surface area contributed by atoms with Gasteiger partial charge in [0.05, 0.1) is 11.6 Å². The molecule has 3 N–H and O–H groups in total. The Morgan fingerprint density at radius 3 is 2.56 bits per heavy atom. The van der Waals surface area contributed by atoms with Crippen LogP contribution in [0.1, 0.15) is 17.0 Å². The van der Waals surface area contributed by atoms with Crippen molar-refractivity contribution in [3.05, 3.63) is 35.4 Å². The monoisotopic (exact) mass is 258 g/mol. The summed E-state index contributed by atoms with van der Waals surface area (Å²) in [5.41, 5.74) is 0.729. The van der Waals surface area contributed by atoms with E-state index in [9.17, 15) is 14.6 Å². The van der Waals surface area contributed by atoms with Crippen molar-refractivity contribution < 1.29 is 19.7 Å². The van der Waals surface area contributed by atoms with Gasteiger partial charge in [-0.2, -0.15) is 0 Å². The number of hydrogen-bond donors (Lipinski definition) is 3. The van der Waals surface area contributed by atoms with Crippen molar-refractivity contribution in [1.29, 1.82) is 0 Å². The van der Waals surface area contributed by atoms with E-state index < -0.39 is 24.0 Å². The summed E-state index contributed by atoms with van der Waals surface area (Å²) in [4.78, 5) is 30.2. The highest BCUT2D eigenvalue weighted by molar-refractivity contribution is 8.09. The van der Waals surface area contributed by atoms with Crippen molar-refractivity contribution in [3.63, 3.8) is 0 Å². The minimum absolute atomic E-state index is 0.331. The first-order chi connectivity index (χ1) is 7.41. The summed E-state index contributed by atoms with van der Waals surface area (Å²) in [6.45, 7) is -3.55. The maximum atomic E-state index is 11.2. The van der Waals surface area contributed by atoms with Crippen LogP contribution < -0.4 is 0 Å². The largest absolute Gasteiger partial charge is 0.481 e. The van der Waals surface area contributed by atoms with Crippen LogP contribution in [0.4, 0.5) is 0 Å². The van der Waals surface area contributed by atoms with E-state index in [0.29, 0.717) is 12.0 Å². The van der Waals surface area contributed by atoms with E-state index >= 15 is 0 Å². The van der Waals surface area contributed by atoms with Crippen LogP contribution >= 0.6 is 6.49 Å². The van der Waals surface area contributed by atoms with E-state index in [4.69, 9.17) is 5.11 Å². The minimum atomic E-state index is -3.55. The fraction of sp³-hybridized carbons (Fsp3) is 0.300. The van der Waals surface area contributed by atoms with Crippen LogP contribution in [0.2, 0.25) is 0 Å². The third kappa shape index (κ3) is 1.92. The molecule has 1 aromatic carbocycles. The fourth-order valence-corrected chi connectivity index (χ4v) is 3.88. The van der Waals surface area contributed by atoms with E-state index in [-0.39, 0.29) is 0 Å². The van der Waals surface area contributed by atoms with Gasteiger partial charge in [-0.25, -0.2) is 0 Å². The van der Waals surface area contributed by atoms with Gasteiger partial charge in [0.15, 0.2) is 6.49 Å². The van der Waals surface area contributed by atoms with Crippen LogP contribution in [0, 0.1) is 0 Å². The molecule has 0 aromatic heterocycles. The number of aliphatic carboxylic acids is 1. The molecular formula is C10H11O4PS. The second-order valence-electron chi connectivity index (χ2n) is 3.88. The summed E-state index contributed by atoms with van der Waals surface area (Å²) < 4.78 is 0. The zero-order chi connectivity index (χ0) is 11.9. The van der Waals surface area contributed by atoms with Crippen LogP contribution in [0.3, 0.4) is 0 Å². The van der Waals surface area contributed by atoms with Crippen molar-refractivity contribution in [2.24, 2.45) is 0 Å². The highest BCUT2D eigenvalue weighted by Gasteiger charge is 2.44. The Hall–Kier alpha value is -0.740. The lowest BCUT2D eigenvalue weighted by molar-refractivity contribution is -0.138. The van der Waals surface area contributed by atoms with Gasteiger partial charge in [-0.1, -0.05) is 24.3 Å². The number of rotatable bonds is 2. The van der Waals surface area contributed by atoms with Crippen molar-refractivity contribution in [2.75, 3.05) is 0 Å². The maximum Gasteiger partial charge on any atom is 0.311 e. The molecule has 0 spiro atoms. The molecule has 1 aliphatic carbocycles. The molecular weight excluding hydrogens is 247 g/mol. The van der Waals surface area contributed by atoms with Gasteiger partial charge in [0, 0.05) is 0 Å². The summed E-state index contributed by atoms with van der Waals surface area (Å²) in [5, 5.41) is 9.14. The molecule has 16 heavy (non-hydrogen) atoms. The molecule has 0 aliphatic heterocycles. The van der Waals surface area contributed by atoms with Gasteiger partial charge in [-0.05, 0) is 29.4 Å². The third-order valence-corrected chi connectivity index (χ3v) is 5.06. The van der Waals surface area contributed by atoms with Crippen molar-refractivity contribution >= 4 is 24.3 Å². The summed E-state index contributed by atoms with van der Waals surface area (Å²) in [7, 11) is 0. The predicted octanol–water partition coefficient (Wildman–Crippen LogP) is 1.07. The van der Waals surface area contributed by atoms with E-state index in [2.05, 4.69) is 11.8 Å². The van der Waals surface area contributed by atoms with Gasteiger partial charge >= 0.3 is 5.97 Å². The van der Waals surface area contributed by atoms with E-state index in [1.165, 1.54) is 0 Å². The van der Waals surface area contributed by atoms with Crippen LogP contribution in [0.15, 0.2) is 24.3 Å². The molecule has 0 saturated carbocycles. The van der Waals surface area contributed by atoms with Gasteiger partial charge in [0.1, 0.15) is 0 Å². The molecule has 1 aliphatic rings. The molecule has 86 valence electrons. The van der Waals surface area contributed by atoms with Gasteiger partial charge in [-0.15, -0.1) is 0 Å². The SMILES string of the molecule is O=C(O)[C@H]1c2ccccc2C[C@H]1P(O)(O)=S. The molecule has 0 bridgehead atoms. The average Bonchev–Trinajstić information content (AvgIpc) is 2.55. The normalized spacial score (nSPS) is 24.1. The summed E-state index contributed by atoms with van der Waals surface area (Å²) in [6, 6.07) is 7.06. The molecule has 2 rings (SSSR count). The minimum Gasteiger partial charge on any atom is -0.481 e. The zero-order valence-electron chi connectivity index (χ0n) is 8.28. The number of benzene rings is 1. The van der Waals surface area contributed by atoms with Crippen LogP contribution in [0.25, 0.3) is 0 Å². The Morgan fingerprint density at radius 2 is 2.00 bits per heavy atom. The second-order valence-corrected chi connectivity index (χ2v) is 7.33. The van der Waals surface area contributed by atoms with Crippen LogP contribution in [-0.2, 0) is 23.0 Å². The number of carbonyl (C=O) groups is 1. The lowest BCUT2D eigenvalue weighted by atomic mass is 10.0. The van der Waals surface area contributed by atoms with E-state index in [0.717, 1.165) is 5.56 Å². The summed E-state index contributed by atoms with van der Waals surface area (Å²) in [6.07, 6.45) is 0.331. The third-order valence-electron chi connectivity index (χ3n) is 2.90. The molecule has 0 fully saturated rings. The van der Waals surface area contributed by atoms with Crippen molar-refractivity contribution in [2.45, 2.75) is 18.0 Å². The Labute approximate surface area is 97.7 Å². The second kappa shape index (κ2) is 3.93. The Morgan fingerprint density at radius 1 is 1.38 bits per heavy atom. The molecule has 0 saturated heterocycles. The number of hydrogen-bond acceptors (Lipinski definition) is 2. The molecule has 0 radical (unpaired) electrons. The molecule has 4 nitrogen and oxygen atoms in total. The molecule has 6 heteroatoms. The Bertz CT molecular complexity index is 481. The topological polar surface area (TPSA) is 77.8 Å². The first kappa shape index (κ1) is 11.7. The van der Waals surface area contributed by atoms with Gasteiger partial charge < -0.3 is 14.9 Å². The zero-order valence-corrected chi connectivity index (χ0v) is 9.99. The summed E-state index contributed by atoms with van der Waals surface area (Å²) in [5.74, 6) is -1.94. The standard InChI is InChI=1S/C10H11O4PS/c11-10(12)9-7-4-2-1-3-6(7)5-8(9)15(13,14)16/h1-4,8-9H,5H2,(H,11,12)(H2,13,14,16)/t8-,9+/m1/s1. The Balaban J connectivity index is 2.50. The van der Waals surface area contributed by atoms with Crippen molar-refractivity contribution in [3.8, 4) is 0 Å². The first-order valence-electron chi connectivity index (χ1n) is 4.77. The fourth-order valence-electron chi connectivity index (χ4n) is 2.18. The van der Waals surface area contributed by atoms with E-state index in [1.54, 1.807) is 24.3 Å². The number of carboxylic acid groups (broad SMARTS) is 1. The number of carboxylic acids is 1. The van der Waals surface area contributed by atoms with Gasteiger partial charge in [0.25, 0.3) is 0 Å². The highest BCUT2D eigenvalue weighted by atomic mass is 32.5. The molecule has 0 unspecified atom stereocenters. The van der Waals surface area contributed by atoms with E-state index in [1.807, 2.05) is 0 Å². The van der Waals surface area contributed by atoms with Gasteiger partial charge in [-0.3, -0.25) is 4.79 Å². The Kier molecular flexibility index (Phi) is 2.88. The van der Waals surface area contributed by atoms with Crippen LogP contribution in [-0.4, -0.2) is 26.5 Å². The highest BCUT2D eigenvalue weighted by Crippen LogP contribution is 2.54. The lowest BCUT2D eigenvalue weighted by Crippen LogP contribution is -2.22. The predicted molar refractivity (Wildman–Crippen MR) is 63.0 cm³/mol. The summed E-state index contributed by atoms with van der Waals surface area (Å²) >= 11 is 4.65. The quantitative estimate of drug-likeness (QED) is 0.692. The average molecular weight is 258 g/mol. The molecule has 1 aromatic rings. The number of fused-ring (bicyclic) bond motifs is 1. The van der Waals surface area contributed by atoms with Gasteiger partial charge in [0.2, 0.25) is 0 Å². The molecule has 0 heterocycles. The lowest BCUT2D eigenvalue weighted by Gasteiger charge is -2.20. The molecule has 0 amide bonds. The smallest absolute Gasteiger partial charge is 0.311 e. The van der Waals surface area contributed by atoms with Crippen molar-refractivity contribution in [1.82, 2.24) is 0 Å². The maximum absolute atomic E-state index is 11.2. The first-order valence-corrected chi connectivity index (χ1v) is 7.55. The molecule has 2 atom stereocenters. The van der Waals surface area contributed by atoms with Crippen LogP contribution in [0.5, 0.6) is 0 Å².